The number of carbonyl (C=O) groups excluding carboxylic acids is 1. The summed E-state index contributed by atoms with van der Waals surface area (Å²) in [5.74, 6) is 0.334. The van der Waals surface area contributed by atoms with E-state index in [1.165, 1.54) is 6.20 Å². The number of hydrogen-bond donors (Lipinski definition) is 3. The van der Waals surface area contributed by atoms with Crippen molar-refractivity contribution >= 4 is 28.4 Å². The summed E-state index contributed by atoms with van der Waals surface area (Å²) in [6, 6.07) is 5.60. The number of ether oxygens (including phenoxy) is 2. The highest BCUT2D eigenvalue weighted by molar-refractivity contribution is 6.01. The lowest BCUT2D eigenvalue weighted by Gasteiger charge is -2.14. The molecule has 2 aliphatic heterocycles. The molecule has 0 unspecified atom stereocenters. The maximum atomic E-state index is 13.0. The van der Waals surface area contributed by atoms with Crippen LogP contribution in [0.2, 0.25) is 0 Å². The smallest absolute Gasteiger partial charge is 0.257 e. The molecule has 0 spiro atoms. The minimum atomic E-state index is -0.736. The predicted octanol–water partition coefficient (Wildman–Crippen LogP) is 1.24. The van der Waals surface area contributed by atoms with Gasteiger partial charge in [0.05, 0.1) is 49.9 Å². The van der Waals surface area contributed by atoms with E-state index in [0.29, 0.717) is 29.3 Å². The summed E-state index contributed by atoms with van der Waals surface area (Å²) in [6.45, 7) is 1.85. The Bertz CT molecular complexity index is 1370. The van der Waals surface area contributed by atoms with E-state index >= 15 is 0 Å². The fourth-order valence-corrected chi connectivity index (χ4v) is 4.67. The Hall–Kier alpha value is -3.54. The summed E-state index contributed by atoms with van der Waals surface area (Å²) >= 11 is 0. The van der Waals surface area contributed by atoms with E-state index in [9.17, 15) is 9.90 Å². The molecular formula is C23H25N7O4. The van der Waals surface area contributed by atoms with E-state index in [-0.39, 0.29) is 25.2 Å². The van der Waals surface area contributed by atoms with Gasteiger partial charge < -0.3 is 29.8 Å². The predicted molar refractivity (Wildman–Crippen MR) is 124 cm³/mol. The third-order valence-electron chi connectivity index (χ3n) is 6.50. The van der Waals surface area contributed by atoms with E-state index in [2.05, 4.69) is 31.5 Å². The van der Waals surface area contributed by atoms with Crippen LogP contribution in [-0.2, 0) is 9.47 Å². The van der Waals surface area contributed by atoms with Crippen molar-refractivity contribution in [1.29, 1.82) is 0 Å². The van der Waals surface area contributed by atoms with Gasteiger partial charge in [0.2, 0.25) is 0 Å². The summed E-state index contributed by atoms with van der Waals surface area (Å²) in [5.41, 5.74) is 3.24. The Kier molecular flexibility index (Phi) is 5.16. The average molecular weight is 463 g/mol. The molecule has 2 fully saturated rings. The van der Waals surface area contributed by atoms with Crippen LogP contribution in [0.5, 0.6) is 0 Å². The summed E-state index contributed by atoms with van der Waals surface area (Å²) < 4.78 is 14.6. The lowest BCUT2D eigenvalue weighted by Crippen LogP contribution is -2.42. The number of aromatic nitrogens is 5. The highest BCUT2D eigenvalue weighted by atomic mass is 16.5. The van der Waals surface area contributed by atoms with E-state index in [4.69, 9.17) is 14.5 Å². The molecular weight excluding hydrogens is 438 g/mol. The van der Waals surface area contributed by atoms with Crippen molar-refractivity contribution in [3.8, 4) is 11.3 Å². The van der Waals surface area contributed by atoms with Crippen molar-refractivity contribution in [3.05, 3.63) is 42.4 Å². The molecule has 0 bridgehead atoms. The molecule has 34 heavy (non-hydrogen) atoms. The number of aliphatic hydroxyl groups is 1. The number of pyridine rings is 1. The van der Waals surface area contributed by atoms with Crippen LogP contribution in [0.1, 0.15) is 22.8 Å². The molecule has 11 nitrogen and oxygen atoms in total. The van der Waals surface area contributed by atoms with Crippen molar-refractivity contribution in [3.63, 3.8) is 0 Å². The fraction of sp³-hybridized carbons (Fsp3) is 0.391. The van der Waals surface area contributed by atoms with Crippen molar-refractivity contribution in [2.45, 2.75) is 24.6 Å². The van der Waals surface area contributed by atoms with Gasteiger partial charge in [-0.3, -0.25) is 4.79 Å². The second kappa shape index (κ2) is 8.35. The van der Waals surface area contributed by atoms with Gasteiger partial charge >= 0.3 is 0 Å². The number of aliphatic hydroxyl groups excluding tert-OH is 1. The SMILES string of the molecule is CNc1cc(-c2cn([C@H]3CCOC3)c3ncccc23)nc2c(C(=O)N[C@@H]3COC[C@@H]3O)cnn12. The van der Waals surface area contributed by atoms with Gasteiger partial charge in [0.25, 0.3) is 5.91 Å². The third-order valence-corrected chi connectivity index (χ3v) is 6.50. The summed E-state index contributed by atoms with van der Waals surface area (Å²) in [4.78, 5) is 22.5. The van der Waals surface area contributed by atoms with E-state index < -0.39 is 12.1 Å². The molecule has 11 heteroatoms. The highest BCUT2D eigenvalue weighted by Gasteiger charge is 2.29. The Balaban J connectivity index is 1.46. The zero-order valence-corrected chi connectivity index (χ0v) is 18.6. The van der Waals surface area contributed by atoms with Crippen LogP contribution in [0.25, 0.3) is 27.9 Å². The Labute approximate surface area is 194 Å². The molecule has 4 aromatic heterocycles. The first-order valence-corrected chi connectivity index (χ1v) is 11.3. The van der Waals surface area contributed by atoms with Crippen molar-refractivity contribution in [2.24, 2.45) is 0 Å². The van der Waals surface area contributed by atoms with Gasteiger partial charge in [-0.2, -0.15) is 9.61 Å². The first-order chi connectivity index (χ1) is 16.6. The Morgan fingerprint density at radius 2 is 2.15 bits per heavy atom. The molecule has 0 radical (unpaired) electrons. The quantitative estimate of drug-likeness (QED) is 0.403. The molecule has 176 valence electrons. The molecule has 0 aliphatic carbocycles. The molecule has 0 saturated carbocycles. The number of anilines is 1. The second-order valence-corrected chi connectivity index (χ2v) is 8.60. The van der Waals surface area contributed by atoms with Gasteiger partial charge in [-0.25, -0.2) is 9.97 Å². The normalized spacial score (nSPS) is 22.6. The summed E-state index contributed by atoms with van der Waals surface area (Å²) in [6.07, 6.45) is 5.54. The Morgan fingerprint density at radius 3 is 2.91 bits per heavy atom. The maximum absolute atomic E-state index is 13.0. The fourth-order valence-electron chi connectivity index (χ4n) is 4.67. The minimum Gasteiger partial charge on any atom is -0.388 e. The van der Waals surface area contributed by atoms with Crippen molar-refractivity contribution in [2.75, 3.05) is 38.8 Å². The van der Waals surface area contributed by atoms with E-state index in [1.54, 1.807) is 17.8 Å². The zero-order chi connectivity index (χ0) is 23.2. The van der Waals surface area contributed by atoms with Crippen LogP contribution in [0.3, 0.4) is 0 Å². The molecule has 3 atom stereocenters. The van der Waals surface area contributed by atoms with Crippen LogP contribution in [0.15, 0.2) is 36.8 Å². The van der Waals surface area contributed by atoms with E-state index in [0.717, 1.165) is 29.6 Å². The molecule has 6 heterocycles. The maximum Gasteiger partial charge on any atom is 0.257 e. The standard InChI is InChI=1S/C23H25N7O4/c1-24-20-7-17(16-9-29(13-4-6-33-10-13)21-14(16)3-2-5-25-21)27-22-15(8-26-30(20)22)23(32)28-18-11-34-12-19(18)31/h2-3,5,7-9,13,18-19,24,31H,4,6,10-12H2,1H3,(H,28,32)/t13-,18+,19-/m0/s1. The van der Waals surface area contributed by atoms with Gasteiger partial charge in [0, 0.05) is 43.1 Å². The number of rotatable bonds is 5. The molecule has 6 rings (SSSR count). The second-order valence-electron chi connectivity index (χ2n) is 8.60. The number of carbonyl (C=O) groups is 1. The van der Waals surface area contributed by atoms with Crippen LogP contribution in [0, 0.1) is 0 Å². The summed E-state index contributed by atoms with van der Waals surface area (Å²) in [5, 5.41) is 21.3. The van der Waals surface area contributed by atoms with Crippen LogP contribution >= 0.6 is 0 Å². The first-order valence-electron chi connectivity index (χ1n) is 11.3. The van der Waals surface area contributed by atoms with Gasteiger partial charge in [-0.1, -0.05) is 0 Å². The third kappa shape index (κ3) is 3.40. The lowest BCUT2D eigenvalue weighted by atomic mass is 10.1. The summed E-state index contributed by atoms with van der Waals surface area (Å²) in [7, 11) is 1.80. The molecule has 3 N–H and O–H groups in total. The first kappa shape index (κ1) is 21.0. The number of nitrogens with zero attached hydrogens (tertiary/aromatic N) is 5. The molecule has 4 aromatic rings. The van der Waals surface area contributed by atoms with Gasteiger partial charge in [-0.05, 0) is 18.6 Å². The number of amides is 1. The zero-order valence-electron chi connectivity index (χ0n) is 18.6. The largest absolute Gasteiger partial charge is 0.388 e. The van der Waals surface area contributed by atoms with Crippen LogP contribution in [-0.4, -0.2) is 80.8 Å². The monoisotopic (exact) mass is 463 g/mol. The number of fused-ring (bicyclic) bond motifs is 2. The van der Waals surface area contributed by atoms with Crippen molar-refractivity contribution in [1.82, 2.24) is 29.5 Å². The van der Waals surface area contributed by atoms with Crippen LogP contribution < -0.4 is 10.6 Å². The highest BCUT2D eigenvalue weighted by Crippen LogP contribution is 2.34. The van der Waals surface area contributed by atoms with Crippen LogP contribution in [0.4, 0.5) is 5.82 Å². The minimum absolute atomic E-state index is 0.205. The molecule has 1 amide bonds. The number of nitrogens with one attached hydrogen (secondary N) is 2. The molecule has 0 aromatic carbocycles. The van der Waals surface area contributed by atoms with Gasteiger partial charge in [0.15, 0.2) is 5.65 Å². The molecule has 2 saturated heterocycles. The van der Waals surface area contributed by atoms with Crippen molar-refractivity contribution < 1.29 is 19.4 Å². The van der Waals surface area contributed by atoms with E-state index in [1.807, 2.05) is 18.2 Å². The van der Waals surface area contributed by atoms with Gasteiger partial charge in [-0.15, -0.1) is 0 Å². The Morgan fingerprint density at radius 1 is 1.24 bits per heavy atom. The molecule has 2 aliphatic rings. The lowest BCUT2D eigenvalue weighted by molar-refractivity contribution is 0.0888. The number of hydrogen-bond acceptors (Lipinski definition) is 8. The topological polar surface area (TPSA) is 128 Å². The van der Waals surface area contributed by atoms with Gasteiger partial charge in [0.1, 0.15) is 17.0 Å². The average Bonchev–Trinajstić information content (AvgIpc) is 3.64.